The van der Waals surface area contributed by atoms with E-state index >= 15 is 0 Å². The monoisotopic (exact) mass is 2670 g/mol. The summed E-state index contributed by atoms with van der Waals surface area (Å²) in [5, 5.41) is 4.29. The first-order chi connectivity index (χ1) is 79.5. The number of nitrogens with zero attached hydrogens (tertiary/aromatic N) is 8. The summed E-state index contributed by atoms with van der Waals surface area (Å²) in [6.07, 6.45) is 30.6. The Morgan fingerprint density at radius 1 is 0.552 bits per heavy atom. The Kier molecular flexibility index (Phi) is 31.2. The number of unbranched alkanes of at least 4 members (excludes halogenated alkanes) is 1. The van der Waals surface area contributed by atoms with Crippen LogP contribution in [0.5, 0.6) is 0 Å². The summed E-state index contributed by atoms with van der Waals surface area (Å²) >= 11 is 6.15. The quantitative estimate of drug-likeness (QED) is 0.0789. The number of benzene rings is 10. The third kappa shape index (κ3) is 31.6. The molecule has 0 bridgehead atoms. The summed E-state index contributed by atoms with van der Waals surface area (Å²) in [6, 6.07) is 89.3. The SMILES string of the molecule is [2H]C([2H])([2H])c1c[c-]c(-c2cc(C)c(C(C)CCCC)cn2)cc1.[2H]C1=C([2H])C([2H])C([2H])C(C2=CC=C3c4ccccc4SC3[CH-]2)=N1.[2H]c1c(C([2H])([2H])[2H])cnc(C(=C)[C-]=Cc2cc3ccccc3s2)c1[2H].[2H]c1cncc(C([2H])([2H])[2H])c1[2H].[2H]c1nc(-c2[c-]c([2H])c3c(sc4c([2H])c([2H])c([2H])c([2H])c43)c2[2H])c([2H])c([2H])c1[2H].[Ir].[Ir].[Ir].[Ir].[c-]1ccc2sc3ccccc3c2c1.[c-]1ccccc1-c1ccccn1.[c-]1ccccc1-c1ccccn1.[c-]1ccccc1C1=NC=C(C2CCCC2)CC1. The number of rotatable bonds is 14. The molecule has 12 heterocycles. The van der Waals surface area contributed by atoms with E-state index in [4.69, 9.17) is 37.0 Å². The van der Waals surface area contributed by atoms with Gasteiger partial charge in [-0.25, -0.2) is 0 Å². The number of thiophene rings is 3. The number of hydrogen-bond donors (Lipinski definition) is 0. The van der Waals surface area contributed by atoms with E-state index in [2.05, 4.69) is 195 Å². The molecule has 16 heteroatoms. The van der Waals surface area contributed by atoms with Gasteiger partial charge in [0.1, 0.15) is 0 Å². The van der Waals surface area contributed by atoms with E-state index < -0.39 is 69.7 Å². The van der Waals surface area contributed by atoms with Crippen molar-refractivity contribution in [1.29, 1.82) is 0 Å². The zero-order chi connectivity index (χ0) is 119. The molecule has 0 amide bonds. The van der Waals surface area contributed by atoms with Crippen LogP contribution < -0.4 is 0 Å². The molecule has 0 saturated heterocycles. The third-order valence-corrected chi connectivity index (χ3v) is 27.0. The molecule has 3 aliphatic heterocycles. The Labute approximate surface area is 952 Å². The molecule has 8 nitrogen and oxygen atoms in total. The van der Waals surface area contributed by atoms with Crippen LogP contribution in [0.1, 0.15) is 177 Å². The van der Waals surface area contributed by atoms with Gasteiger partial charge in [-0.15, -0.1) is 208 Å². The maximum atomic E-state index is 8.53. The average Bonchev–Trinajstić information content (AvgIpc) is 1.57. The van der Waals surface area contributed by atoms with Gasteiger partial charge in [-0.1, -0.05) is 230 Å². The average molecular weight is 2670 g/mol. The second-order valence-electron chi connectivity index (χ2n) is 32.1. The summed E-state index contributed by atoms with van der Waals surface area (Å²) in [4.78, 5) is 35.4. The number of allylic oxidation sites excluding steroid dienone is 7. The molecule has 0 N–H and O–H groups in total. The molecule has 1 fully saturated rings. The predicted octanol–water partition coefficient (Wildman–Crippen LogP) is 34.4. The zero-order valence-corrected chi connectivity index (χ0v) is 90.6. The molecule has 1 saturated carbocycles. The third-order valence-electron chi connectivity index (χ3n) is 22.5. The van der Waals surface area contributed by atoms with Crippen molar-refractivity contribution in [2.75, 3.05) is 0 Å². The molecule has 143 heavy (non-hydrogen) atoms. The Balaban J connectivity index is 0.000000169. The van der Waals surface area contributed by atoms with E-state index in [9.17, 15) is 0 Å². The van der Waals surface area contributed by atoms with Crippen molar-refractivity contribution in [1.82, 2.24) is 29.9 Å². The topological polar surface area (TPSA) is 102 Å². The number of aliphatic imine (C=N–C) groups is 2. The van der Waals surface area contributed by atoms with Gasteiger partial charge < -0.3 is 34.9 Å². The fourth-order valence-electron chi connectivity index (χ4n) is 15.5. The van der Waals surface area contributed by atoms with Crippen LogP contribution in [0.4, 0.5) is 0 Å². The normalized spacial score (nSPS) is 17.7. The molecule has 10 aromatic carbocycles. The molecule has 0 spiro atoms. The van der Waals surface area contributed by atoms with Crippen LogP contribution in [0, 0.1) is 82.3 Å². The molecule has 9 aromatic heterocycles. The predicted molar refractivity (Wildman–Crippen MR) is 592 cm³/mol. The largest absolute Gasteiger partial charge is 0.325 e. The minimum absolute atomic E-state index is 0. The smallest absolute Gasteiger partial charge is 0.0830 e. The molecular weight excluding hydrogens is 2530 g/mol. The standard InChI is InChI=1S/C19H24N.C18H14NS.C17H14NS.C17H10NS.C16H18N.C12H7S.2C11H8N.C6H7N.4Ir/c1-5-6-7-15(3)18-13-20-19(12-16(18)4)17-10-8-14(2)9-11-17;1-13-7-10-17(19-12-13)14(2)8-9-16-11-15-5-3-4-6-18(15)20-16;2*1-2-7-16-13(5-1)14-9-8-12(11-17(14)19-16)15-6-3-4-10-18-15;1-2-8-14(9-3-1)16-11-10-15(12-17-16)13-6-4-5-7-13;1-3-7-11-9(5-1)10-6-2-4-8-12(10)13-11;2*1-2-6-10(7-3-1)11-8-4-5-9-12-11;1-6-3-2-4-7-5-6;;;;/h8-10,12-13,15H,5-7H2,1-4H3;3-7,9-12H,2H2,1H3;1-2,4-5,7-11,17H,3,6H2;1-7,9-11H;1-3,8,12-13H,4-7,10-11H2;1,3-8H;2*1-6,8-9H;2-5H,1H3;;;;/q8*-1;;;;;/i2D3;1D3,7D,10D;3D,4D,6D,10D;1D,2D,3D,4D,5D,6D,7D,9D,10D,11D;;;;;1D3,2D,3D;;;;. The molecule has 24 rings (SSSR count). The molecular formula is C127H110Ir4N8S4-8. The van der Waals surface area contributed by atoms with Crippen LogP contribution in [-0.4, -0.2) is 46.6 Å². The molecule has 2 aliphatic carbocycles. The van der Waals surface area contributed by atoms with Crippen LogP contribution in [0.15, 0.2) is 416 Å². The van der Waals surface area contributed by atoms with Gasteiger partial charge in [0.05, 0.1) is 19.2 Å². The van der Waals surface area contributed by atoms with Gasteiger partial charge in [0.15, 0.2) is 0 Å². The van der Waals surface area contributed by atoms with Crippen LogP contribution in [0.3, 0.4) is 0 Å². The first-order valence-electron chi connectivity index (χ1n) is 59.0. The van der Waals surface area contributed by atoms with Gasteiger partial charge in [-0.2, -0.15) is 82.9 Å². The van der Waals surface area contributed by atoms with Crippen molar-refractivity contribution in [3.63, 3.8) is 0 Å². The van der Waals surface area contributed by atoms with E-state index in [1.165, 1.54) is 110 Å². The molecule has 4 unspecified atom stereocenters. The number of pyridine rings is 6. The summed E-state index contributed by atoms with van der Waals surface area (Å²) in [6.45, 7) is 3.51. The van der Waals surface area contributed by atoms with Crippen LogP contribution in [0.25, 0.3) is 113 Å². The van der Waals surface area contributed by atoms with Crippen molar-refractivity contribution in [3.05, 3.63) is 499 Å². The Hall–Kier alpha value is -11.9. The van der Waals surface area contributed by atoms with Crippen molar-refractivity contribution in [2.45, 2.75) is 128 Å². The minimum atomic E-state index is -2.46. The van der Waals surface area contributed by atoms with Crippen molar-refractivity contribution >= 4 is 125 Å². The number of hydrogen-bond acceptors (Lipinski definition) is 12. The maximum absolute atomic E-state index is 8.53. The van der Waals surface area contributed by atoms with E-state index in [0.717, 1.165) is 102 Å². The summed E-state index contributed by atoms with van der Waals surface area (Å²) < 4.78 is 211. The van der Waals surface area contributed by atoms with Crippen LogP contribution in [-0.2, 0) is 80.4 Å². The van der Waals surface area contributed by atoms with E-state index in [-0.39, 0.29) is 194 Å². The maximum Gasteiger partial charge on any atom is 0.0830 e. The number of aromatic nitrogens is 6. The van der Waals surface area contributed by atoms with Crippen LogP contribution in [0.2, 0.25) is 0 Å². The van der Waals surface area contributed by atoms with Gasteiger partial charge in [0.2, 0.25) is 0 Å². The Morgan fingerprint density at radius 3 is 1.96 bits per heavy atom. The van der Waals surface area contributed by atoms with Gasteiger partial charge >= 0.3 is 0 Å². The minimum Gasteiger partial charge on any atom is -0.325 e. The summed E-state index contributed by atoms with van der Waals surface area (Å²) in [5.41, 5.74) is 16.0. The molecule has 726 valence electrons. The Bertz CT molecular complexity index is 8740. The first-order valence-corrected chi connectivity index (χ1v) is 48.6. The van der Waals surface area contributed by atoms with Crippen LogP contribution >= 0.6 is 45.8 Å². The molecule has 19 aromatic rings. The number of aryl methyl sites for hydroxylation is 4. The second-order valence-corrected chi connectivity index (χ2v) is 36.5. The van der Waals surface area contributed by atoms with Gasteiger partial charge in [0.25, 0.3) is 0 Å². The van der Waals surface area contributed by atoms with Crippen molar-refractivity contribution in [3.8, 4) is 45.0 Å². The van der Waals surface area contributed by atoms with Crippen molar-refractivity contribution < 1.29 is 117 Å². The molecule has 4 atom stereocenters. The molecule has 4 radical (unpaired) electrons. The second kappa shape index (κ2) is 57.6. The fraction of sp³-hybridized carbons (Fsp3) is 0.157. The van der Waals surface area contributed by atoms with Crippen molar-refractivity contribution in [2.24, 2.45) is 15.9 Å². The van der Waals surface area contributed by atoms with Gasteiger partial charge in [-0.3, -0.25) is 4.98 Å². The van der Waals surface area contributed by atoms with Gasteiger partial charge in [-0.05, 0) is 203 Å². The van der Waals surface area contributed by atoms with E-state index in [1.54, 1.807) is 59.3 Å². The first kappa shape index (κ1) is 77.6. The fourth-order valence-corrected chi connectivity index (χ4v) is 19.8. The number of fused-ring (bicyclic) bond motifs is 10. The zero-order valence-electron chi connectivity index (χ0n) is 105. The van der Waals surface area contributed by atoms with E-state index in [1.807, 2.05) is 169 Å². The Morgan fingerprint density at radius 2 is 1.25 bits per heavy atom. The van der Waals surface area contributed by atoms with E-state index in [0.29, 0.717) is 22.8 Å². The summed E-state index contributed by atoms with van der Waals surface area (Å²) in [5.74, 6) is 1.35. The number of thioether (sulfide) groups is 1. The summed E-state index contributed by atoms with van der Waals surface area (Å²) in [7, 11) is 0. The molecule has 5 aliphatic rings. The van der Waals surface area contributed by atoms with Gasteiger partial charge in [0, 0.05) is 177 Å².